The van der Waals surface area contributed by atoms with Crippen LogP contribution in [0.4, 0.5) is 0 Å². The Labute approximate surface area is 181 Å². The van der Waals surface area contributed by atoms with Crippen molar-refractivity contribution in [3.05, 3.63) is 65.5 Å². The molecule has 0 saturated heterocycles. The first-order valence-electron chi connectivity index (χ1n) is 10.8. The topological polar surface area (TPSA) is 93.5 Å². The van der Waals surface area contributed by atoms with Gasteiger partial charge >= 0.3 is 5.97 Å². The lowest BCUT2D eigenvalue weighted by atomic mass is 9.92. The van der Waals surface area contributed by atoms with E-state index in [1.807, 2.05) is 35.0 Å². The van der Waals surface area contributed by atoms with Crippen LogP contribution in [-0.2, 0) is 11.3 Å². The third-order valence-corrected chi connectivity index (χ3v) is 5.74. The van der Waals surface area contributed by atoms with Crippen LogP contribution >= 0.6 is 0 Å². The van der Waals surface area contributed by atoms with Gasteiger partial charge < -0.3 is 19.7 Å². The number of benzene rings is 1. The summed E-state index contributed by atoms with van der Waals surface area (Å²) in [6, 6.07) is 10.8. The van der Waals surface area contributed by atoms with Crippen molar-refractivity contribution in [2.24, 2.45) is 0 Å². The molecule has 1 amide bonds. The van der Waals surface area contributed by atoms with Gasteiger partial charge in [0, 0.05) is 18.9 Å². The van der Waals surface area contributed by atoms with Gasteiger partial charge in [0.1, 0.15) is 5.52 Å². The summed E-state index contributed by atoms with van der Waals surface area (Å²) in [5.74, 6) is -0.556. The molecule has 1 fully saturated rings. The van der Waals surface area contributed by atoms with E-state index in [4.69, 9.17) is 4.74 Å². The molecule has 1 aliphatic rings. The smallest absolute Gasteiger partial charge is 0.338 e. The fourth-order valence-corrected chi connectivity index (χ4v) is 4.10. The number of nitrogens with one attached hydrogen (secondary N) is 1. The van der Waals surface area contributed by atoms with E-state index >= 15 is 0 Å². The lowest BCUT2D eigenvalue weighted by Crippen LogP contribution is -2.45. The molecule has 0 radical (unpaired) electrons. The molecule has 7 nitrogen and oxygen atoms in total. The highest BCUT2D eigenvalue weighted by Gasteiger charge is 2.26. The van der Waals surface area contributed by atoms with E-state index in [1.54, 1.807) is 25.3 Å². The molecule has 2 heterocycles. The summed E-state index contributed by atoms with van der Waals surface area (Å²) in [4.78, 5) is 29.3. The Morgan fingerprint density at radius 1 is 1.19 bits per heavy atom. The number of esters is 1. The van der Waals surface area contributed by atoms with Gasteiger partial charge in [-0.3, -0.25) is 9.78 Å². The lowest BCUT2D eigenvalue weighted by Gasteiger charge is -2.28. The van der Waals surface area contributed by atoms with Crippen LogP contribution in [0, 0.1) is 0 Å². The molecule has 1 aromatic carbocycles. The molecule has 4 rings (SSSR count). The first-order chi connectivity index (χ1) is 15.1. The number of amides is 1. The first kappa shape index (κ1) is 21.1. The normalized spacial score (nSPS) is 18.6. The molecule has 2 N–H and O–H groups in total. The quantitative estimate of drug-likeness (QED) is 0.596. The average Bonchev–Trinajstić information content (AvgIpc) is 3.15. The number of hydrogen-bond acceptors (Lipinski definition) is 5. The van der Waals surface area contributed by atoms with Crippen LogP contribution in [0.3, 0.4) is 0 Å². The maximum absolute atomic E-state index is 13.0. The van der Waals surface area contributed by atoms with Gasteiger partial charge in [-0.1, -0.05) is 25.0 Å². The summed E-state index contributed by atoms with van der Waals surface area (Å²) in [6.45, 7) is 2.65. The zero-order valence-electron chi connectivity index (χ0n) is 17.6. The van der Waals surface area contributed by atoms with Crippen LogP contribution in [0.25, 0.3) is 11.0 Å². The van der Waals surface area contributed by atoms with Crippen molar-refractivity contribution in [3.8, 4) is 0 Å². The van der Waals surface area contributed by atoms with E-state index in [0.29, 0.717) is 36.2 Å². The van der Waals surface area contributed by atoms with Crippen molar-refractivity contribution < 1.29 is 19.4 Å². The molecule has 162 valence electrons. The van der Waals surface area contributed by atoms with E-state index < -0.39 is 6.10 Å². The van der Waals surface area contributed by atoms with Crippen LogP contribution in [0.1, 0.15) is 58.9 Å². The van der Waals surface area contributed by atoms with Crippen LogP contribution in [0.15, 0.2) is 48.8 Å². The summed E-state index contributed by atoms with van der Waals surface area (Å²) in [5.41, 5.74) is 3.48. The van der Waals surface area contributed by atoms with Crippen molar-refractivity contribution in [2.75, 3.05) is 6.61 Å². The van der Waals surface area contributed by atoms with Crippen molar-refractivity contribution in [2.45, 2.75) is 51.3 Å². The molecular weight excluding hydrogens is 394 g/mol. The zero-order chi connectivity index (χ0) is 21.8. The van der Waals surface area contributed by atoms with Crippen molar-refractivity contribution >= 4 is 22.9 Å². The van der Waals surface area contributed by atoms with Gasteiger partial charge in [0.05, 0.1) is 35.4 Å². The molecular formula is C24H27N3O4. The summed E-state index contributed by atoms with van der Waals surface area (Å²) < 4.78 is 7.01. The number of aromatic nitrogens is 2. The predicted molar refractivity (Wildman–Crippen MR) is 117 cm³/mol. The zero-order valence-corrected chi connectivity index (χ0v) is 17.6. The van der Waals surface area contributed by atoms with E-state index in [1.165, 1.54) is 0 Å². The molecule has 0 spiro atoms. The largest absolute Gasteiger partial charge is 0.462 e. The van der Waals surface area contributed by atoms with Gasteiger partial charge in [-0.2, -0.15) is 0 Å². The minimum atomic E-state index is -0.503. The molecule has 0 aliphatic heterocycles. The number of rotatable bonds is 6. The maximum atomic E-state index is 13.0. The minimum Gasteiger partial charge on any atom is -0.462 e. The molecule has 1 aliphatic carbocycles. The number of carbonyl (C=O) groups is 2. The Bertz CT molecular complexity index is 1070. The Morgan fingerprint density at radius 2 is 1.97 bits per heavy atom. The molecule has 2 atom stereocenters. The molecule has 2 aromatic heterocycles. The van der Waals surface area contributed by atoms with E-state index in [-0.39, 0.29) is 17.9 Å². The molecule has 3 aromatic rings. The third kappa shape index (κ3) is 4.61. The number of hydrogen-bond donors (Lipinski definition) is 2. The number of nitrogens with zero attached hydrogens (tertiary/aromatic N) is 2. The van der Waals surface area contributed by atoms with Crippen LogP contribution in [0.2, 0.25) is 0 Å². The highest BCUT2D eigenvalue weighted by atomic mass is 16.5. The summed E-state index contributed by atoms with van der Waals surface area (Å²) in [5, 5.41) is 13.2. The lowest BCUT2D eigenvalue weighted by molar-refractivity contribution is 0.0526. The average molecular weight is 421 g/mol. The second kappa shape index (κ2) is 9.31. The van der Waals surface area contributed by atoms with E-state index in [0.717, 1.165) is 30.3 Å². The number of pyridine rings is 1. The minimum absolute atomic E-state index is 0.217. The number of aliphatic hydroxyl groups is 1. The fraction of sp³-hybridized carbons (Fsp3) is 0.375. The fourth-order valence-electron chi connectivity index (χ4n) is 4.10. The Balaban J connectivity index is 1.56. The van der Waals surface area contributed by atoms with Crippen LogP contribution in [-0.4, -0.2) is 45.3 Å². The highest BCUT2D eigenvalue weighted by Crippen LogP contribution is 2.23. The Hall–Kier alpha value is -3.19. The second-order valence-corrected chi connectivity index (χ2v) is 7.89. The number of carbonyl (C=O) groups excluding carboxylic acids is 2. The predicted octanol–water partition coefficient (Wildman–Crippen LogP) is 3.29. The van der Waals surface area contributed by atoms with Crippen molar-refractivity contribution in [3.63, 3.8) is 0 Å². The van der Waals surface area contributed by atoms with E-state index in [9.17, 15) is 14.7 Å². The SMILES string of the molecule is CCOC(=O)c1ccc(Cn2cc(C(=O)N[C@H]3CCCC[C@@H]3O)c3ncccc32)cc1. The van der Waals surface area contributed by atoms with Crippen molar-refractivity contribution in [1.29, 1.82) is 0 Å². The molecule has 0 unspecified atom stereocenters. The standard InChI is InChI=1S/C24H27N3O4/c1-2-31-24(30)17-11-9-16(10-12-17)14-27-15-18(22-20(27)7-5-13-25-22)23(29)26-19-6-3-4-8-21(19)28/h5,7,9-13,15,19,21,28H,2-4,6,8,14H2,1H3,(H,26,29)/t19-,21-/m0/s1. The van der Waals surface area contributed by atoms with Gasteiger partial charge in [-0.15, -0.1) is 0 Å². The maximum Gasteiger partial charge on any atom is 0.338 e. The van der Waals surface area contributed by atoms with Crippen LogP contribution < -0.4 is 5.32 Å². The van der Waals surface area contributed by atoms with Gasteiger partial charge in [-0.05, 0) is 49.6 Å². The monoisotopic (exact) mass is 421 g/mol. The molecule has 7 heteroatoms. The first-order valence-corrected chi connectivity index (χ1v) is 10.8. The second-order valence-electron chi connectivity index (χ2n) is 7.89. The summed E-state index contributed by atoms with van der Waals surface area (Å²) in [6.07, 6.45) is 6.47. The Morgan fingerprint density at radius 3 is 2.71 bits per heavy atom. The van der Waals surface area contributed by atoms with E-state index in [2.05, 4.69) is 10.3 Å². The highest BCUT2D eigenvalue weighted by molar-refractivity contribution is 6.05. The Kier molecular flexibility index (Phi) is 6.32. The number of fused-ring (bicyclic) bond motifs is 1. The molecule has 1 saturated carbocycles. The molecule has 31 heavy (non-hydrogen) atoms. The van der Waals surface area contributed by atoms with Gasteiger partial charge in [0.15, 0.2) is 0 Å². The summed E-state index contributed by atoms with van der Waals surface area (Å²) >= 11 is 0. The van der Waals surface area contributed by atoms with Gasteiger partial charge in [0.2, 0.25) is 0 Å². The molecule has 0 bridgehead atoms. The number of ether oxygens (including phenoxy) is 1. The van der Waals surface area contributed by atoms with Crippen molar-refractivity contribution in [1.82, 2.24) is 14.9 Å². The van der Waals surface area contributed by atoms with Gasteiger partial charge in [-0.25, -0.2) is 4.79 Å². The summed E-state index contributed by atoms with van der Waals surface area (Å²) in [7, 11) is 0. The van der Waals surface area contributed by atoms with Crippen LogP contribution in [0.5, 0.6) is 0 Å². The van der Waals surface area contributed by atoms with Gasteiger partial charge in [0.25, 0.3) is 5.91 Å². The third-order valence-electron chi connectivity index (χ3n) is 5.74. The number of aliphatic hydroxyl groups excluding tert-OH is 1.